The van der Waals surface area contributed by atoms with Gasteiger partial charge in [-0.3, -0.25) is 0 Å². The van der Waals surface area contributed by atoms with E-state index in [0.29, 0.717) is 0 Å². The average molecular weight is 228 g/mol. The van der Waals surface area contributed by atoms with Crippen LogP contribution in [0.4, 0.5) is 0 Å². The molecule has 1 aromatic rings. The van der Waals surface area contributed by atoms with E-state index in [-0.39, 0.29) is 18.4 Å². The third-order valence-corrected chi connectivity index (χ3v) is 2.83. The van der Waals surface area contributed by atoms with Gasteiger partial charge in [-0.2, -0.15) is 0 Å². The lowest BCUT2D eigenvalue weighted by Crippen LogP contribution is -2.10. The fourth-order valence-electron chi connectivity index (χ4n) is 1.70. The van der Waals surface area contributed by atoms with Gasteiger partial charge in [0.25, 0.3) is 0 Å². The van der Waals surface area contributed by atoms with Gasteiger partial charge in [-0.25, -0.2) is 0 Å². The van der Waals surface area contributed by atoms with Crippen molar-refractivity contribution in [3.05, 3.63) is 29.8 Å². The first kappa shape index (κ1) is 12.3. The number of benzene rings is 1. The SMILES string of the molecule is COc1ccc([C@H](N)CC2CC2)cc1.Cl. The van der Waals surface area contributed by atoms with Crippen molar-refractivity contribution in [1.29, 1.82) is 0 Å². The lowest BCUT2D eigenvalue weighted by Gasteiger charge is -2.11. The summed E-state index contributed by atoms with van der Waals surface area (Å²) in [5, 5.41) is 0. The molecule has 0 amide bonds. The highest BCUT2D eigenvalue weighted by Gasteiger charge is 2.24. The van der Waals surface area contributed by atoms with Crippen LogP contribution < -0.4 is 10.5 Å². The Kier molecular flexibility index (Phi) is 4.43. The molecule has 0 aliphatic heterocycles. The lowest BCUT2D eigenvalue weighted by atomic mass is 10.0. The lowest BCUT2D eigenvalue weighted by molar-refractivity contribution is 0.414. The Morgan fingerprint density at radius 2 is 1.93 bits per heavy atom. The second-order valence-corrected chi connectivity index (χ2v) is 4.06. The molecule has 2 N–H and O–H groups in total. The molecule has 0 heterocycles. The van der Waals surface area contributed by atoms with Crippen molar-refractivity contribution < 1.29 is 4.74 Å². The van der Waals surface area contributed by atoms with Crippen LogP contribution in [0.2, 0.25) is 0 Å². The molecule has 0 unspecified atom stereocenters. The van der Waals surface area contributed by atoms with Gasteiger partial charge in [0.05, 0.1) is 7.11 Å². The molecule has 1 aromatic carbocycles. The van der Waals surface area contributed by atoms with E-state index >= 15 is 0 Å². The molecule has 0 spiro atoms. The molecular formula is C12H18ClNO. The van der Waals surface area contributed by atoms with Crippen LogP contribution in [-0.4, -0.2) is 7.11 Å². The summed E-state index contributed by atoms with van der Waals surface area (Å²) in [6.07, 6.45) is 3.86. The molecule has 1 fully saturated rings. The summed E-state index contributed by atoms with van der Waals surface area (Å²) < 4.78 is 5.10. The van der Waals surface area contributed by atoms with Crippen LogP contribution in [0.3, 0.4) is 0 Å². The third kappa shape index (κ3) is 3.40. The van der Waals surface area contributed by atoms with E-state index in [1.807, 2.05) is 12.1 Å². The molecule has 84 valence electrons. The molecule has 0 aromatic heterocycles. The first-order valence-corrected chi connectivity index (χ1v) is 5.19. The zero-order chi connectivity index (χ0) is 9.97. The second kappa shape index (κ2) is 5.38. The predicted octanol–water partition coefficient (Wildman–Crippen LogP) is 2.92. The van der Waals surface area contributed by atoms with Gasteiger partial charge < -0.3 is 10.5 Å². The van der Waals surface area contributed by atoms with Crippen molar-refractivity contribution in [3.63, 3.8) is 0 Å². The zero-order valence-corrected chi connectivity index (χ0v) is 9.80. The number of hydrogen-bond acceptors (Lipinski definition) is 2. The molecule has 1 aliphatic rings. The van der Waals surface area contributed by atoms with Crippen LogP contribution in [0.25, 0.3) is 0 Å². The zero-order valence-electron chi connectivity index (χ0n) is 8.98. The topological polar surface area (TPSA) is 35.2 Å². The van der Waals surface area contributed by atoms with Gasteiger partial charge in [0.15, 0.2) is 0 Å². The Hall–Kier alpha value is -0.730. The summed E-state index contributed by atoms with van der Waals surface area (Å²) in [6, 6.07) is 8.27. The molecule has 1 saturated carbocycles. The molecule has 1 atom stereocenters. The summed E-state index contributed by atoms with van der Waals surface area (Å²) in [5.74, 6) is 1.78. The van der Waals surface area contributed by atoms with E-state index in [4.69, 9.17) is 10.5 Å². The maximum absolute atomic E-state index is 6.09. The molecule has 3 heteroatoms. The molecule has 2 nitrogen and oxygen atoms in total. The van der Waals surface area contributed by atoms with Crippen molar-refractivity contribution in [3.8, 4) is 5.75 Å². The van der Waals surface area contributed by atoms with Crippen molar-refractivity contribution in [2.75, 3.05) is 7.11 Å². The van der Waals surface area contributed by atoms with E-state index in [9.17, 15) is 0 Å². The van der Waals surface area contributed by atoms with Crippen LogP contribution in [0.15, 0.2) is 24.3 Å². The average Bonchev–Trinajstić information content (AvgIpc) is 3.02. The van der Waals surface area contributed by atoms with Crippen molar-refractivity contribution in [1.82, 2.24) is 0 Å². The van der Waals surface area contributed by atoms with Crippen molar-refractivity contribution in [2.45, 2.75) is 25.3 Å². The number of ether oxygens (including phenoxy) is 1. The van der Waals surface area contributed by atoms with E-state index in [1.54, 1.807) is 7.11 Å². The quantitative estimate of drug-likeness (QED) is 0.859. The van der Waals surface area contributed by atoms with Gasteiger partial charge in [0, 0.05) is 6.04 Å². The monoisotopic (exact) mass is 227 g/mol. The van der Waals surface area contributed by atoms with Gasteiger partial charge >= 0.3 is 0 Å². The summed E-state index contributed by atoms with van der Waals surface area (Å²) in [4.78, 5) is 0. The number of rotatable bonds is 4. The minimum atomic E-state index is 0. The molecule has 2 rings (SSSR count). The van der Waals surface area contributed by atoms with E-state index < -0.39 is 0 Å². The maximum Gasteiger partial charge on any atom is 0.118 e. The van der Waals surface area contributed by atoms with Crippen molar-refractivity contribution in [2.24, 2.45) is 11.7 Å². The predicted molar refractivity (Wildman–Crippen MR) is 64.5 cm³/mol. The van der Waals surface area contributed by atoms with E-state index in [2.05, 4.69) is 12.1 Å². The van der Waals surface area contributed by atoms with Crippen LogP contribution in [-0.2, 0) is 0 Å². The third-order valence-electron chi connectivity index (χ3n) is 2.83. The summed E-state index contributed by atoms with van der Waals surface area (Å²) in [5.41, 5.74) is 7.31. The molecule has 0 bridgehead atoms. The van der Waals surface area contributed by atoms with Crippen molar-refractivity contribution >= 4 is 12.4 Å². The van der Waals surface area contributed by atoms with Crippen LogP contribution >= 0.6 is 12.4 Å². The second-order valence-electron chi connectivity index (χ2n) is 4.06. The maximum atomic E-state index is 6.09. The van der Waals surface area contributed by atoms with Gasteiger partial charge in [-0.15, -0.1) is 12.4 Å². The van der Waals surface area contributed by atoms with Gasteiger partial charge in [-0.05, 0) is 30.0 Å². The summed E-state index contributed by atoms with van der Waals surface area (Å²) in [6.45, 7) is 0. The highest BCUT2D eigenvalue weighted by Crippen LogP contribution is 2.36. The van der Waals surface area contributed by atoms with Gasteiger partial charge in [0.2, 0.25) is 0 Å². The molecule has 0 radical (unpaired) electrons. The Morgan fingerprint density at radius 3 is 2.40 bits per heavy atom. The largest absolute Gasteiger partial charge is 0.497 e. The van der Waals surface area contributed by atoms with E-state index in [0.717, 1.165) is 18.1 Å². The minimum Gasteiger partial charge on any atom is -0.497 e. The van der Waals surface area contributed by atoms with Crippen LogP contribution in [0, 0.1) is 5.92 Å². The normalized spacial score (nSPS) is 16.7. The van der Waals surface area contributed by atoms with Crippen LogP contribution in [0.1, 0.15) is 30.9 Å². The molecule has 1 aliphatic carbocycles. The Labute approximate surface area is 97.2 Å². The molecular weight excluding hydrogens is 210 g/mol. The smallest absolute Gasteiger partial charge is 0.118 e. The number of nitrogens with two attached hydrogens (primary N) is 1. The molecule has 15 heavy (non-hydrogen) atoms. The van der Waals surface area contributed by atoms with Gasteiger partial charge in [-0.1, -0.05) is 25.0 Å². The summed E-state index contributed by atoms with van der Waals surface area (Å²) in [7, 11) is 1.68. The summed E-state index contributed by atoms with van der Waals surface area (Å²) >= 11 is 0. The Balaban J connectivity index is 0.00000112. The standard InChI is InChI=1S/C12H17NO.ClH/c1-14-11-6-4-10(5-7-11)12(13)8-9-2-3-9;/h4-7,9,12H,2-3,8,13H2,1H3;1H/t12-;/m1./s1. The number of hydrogen-bond donors (Lipinski definition) is 1. The minimum absolute atomic E-state index is 0. The number of halogens is 1. The van der Waals surface area contributed by atoms with Gasteiger partial charge in [0.1, 0.15) is 5.75 Å². The first-order valence-electron chi connectivity index (χ1n) is 5.19. The highest BCUT2D eigenvalue weighted by molar-refractivity contribution is 5.85. The molecule has 0 saturated heterocycles. The fourth-order valence-corrected chi connectivity index (χ4v) is 1.70. The number of methoxy groups -OCH3 is 1. The van der Waals surface area contributed by atoms with E-state index in [1.165, 1.54) is 18.4 Å². The fraction of sp³-hybridized carbons (Fsp3) is 0.500. The van der Waals surface area contributed by atoms with Crippen LogP contribution in [0.5, 0.6) is 5.75 Å². The first-order chi connectivity index (χ1) is 6.79. The Bertz CT molecular complexity index is 295. The highest BCUT2D eigenvalue weighted by atomic mass is 35.5. The Morgan fingerprint density at radius 1 is 1.33 bits per heavy atom.